The number of hydrogen-bond donors (Lipinski definition) is 1. The van der Waals surface area contributed by atoms with Crippen LogP contribution in [0.3, 0.4) is 0 Å². The molecule has 0 saturated carbocycles. The minimum absolute atomic E-state index is 0.653. The molecule has 0 aromatic heterocycles. The fourth-order valence-electron chi connectivity index (χ4n) is 2.43. The lowest BCUT2D eigenvalue weighted by Gasteiger charge is -2.14. The van der Waals surface area contributed by atoms with Gasteiger partial charge < -0.3 is 10.6 Å². The molecule has 1 fully saturated rings. The summed E-state index contributed by atoms with van der Waals surface area (Å²) in [7, 11) is 0. The van der Waals surface area contributed by atoms with Crippen LogP contribution in [0.2, 0.25) is 0 Å². The number of likely N-dealkylation sites (tertiary alicyclic amines) is 1. The minimum atomic E-state index is 0.653. The van der Waals surface area contributed by atoms with Gasteiger partial charge in [-0.2, -0.15) is 0 Å². The summed E-state index contributed by atoms with van der Waals surface area (Å²) in [6.07, 6.45) is 5.24. The van der Waals surface area contributed by atoms with Crippen molar-refractivity contribution >= 4 is 0 Å². The van der Waals surface area contributed by atoms with Gasteiger partial charge in [0.05, 0.1) is 0 Å². The maximum atomic E-state index is 5.64. The van der Waals surface area contributed by atoms with Gasteiger partial charge in [-0.25, -0.2) is 0 Å². The zero-order valence-corrected chi connectivity index (χ0v) is 9.99. The van der Waals surface area contributed by atoms with Crippen molar-refractivity contribution in [3.63, 3.8) is 0 Å². The predicted octanol–water partition coefficient (Wildman–Crippen LogP) is 2.17. The third-order valence-corrected chi connectivity index (χ3v) is 3.37. The van der Waals surface area contributed by atoms with Gasteiger partial charge in [-0.05, 0) is 56.4 Å². The Morgan fingerprint density at radius 3 is 2.62 bits per heavy atom. The summed E-state index contributed by atoms with van der Waals surface area (Å²) in [6.45, 7) is 4.53. The number of nitrogens with two attached hydrogens (primary N) is 1. The van der Waals surface area contributed by atoms with Crippen molar-refractivity contribution in [1.29, 1.82) is 0 Å². The number of hydrogen-bond acceptors (Lipinski definition) is 2. The molecule has 2 nitrogen and oxygen atoms in total. The second-order valence-electron chi connectivity index (χ2n) is 4.68. The monoisotopic (exact) mass is 218 g/mol. The molecule has 0 aliphatic carbocycles. The molecule has 1 aromatic rings. The van der Waals surface area contributed by atoms with Gasteiger partial charge in [-0.3, -0.25) is 0 Å². The zero-order chi connectivity index (χ0) is 11.2. The van der Waals surface area contributed by atoms with Gasteiger partial charge in [0.25, 0.3) is 0 Å². The Bertz CT molecular complexity index is 316. The summed E-state index contributed by atoms with van der Waals surface area (Å²) < 4.78 is 0. The largest absolute Gasteiger partial charge is 0.326 e. The Hall–Kier alpha value is -0.860. The Balaban J connectivity index is 1.75. The molecule has 2 N–H and O–H groups in total. The topological polar surface area (TPSA) is 29.3 Å². The van der Waals surface area contributed by atoms with Crippen molar-refractivity contribution in [3.8, 4) is 0 Å². The van der Waals surface area contributed by atoms with E-state index in [1.165, 1.54) is 56.4 Å². The molecule has 0 unspecified atom stereocenters. The average Bonchev–Trinajstić information content (AvgIpc) is 2.82. The van der Waals surface area contributed by atoms with E-state index in [1.54, 1.807) is 0 Å². The fraction of sp³-hybridized carbons (Fsp3) is 0.571. The summed E-state index contributed by atoms with van der Waals surface area (Å²) in [5.41, 5.74) is 8.32. The maximum absolute atomic E-state index is 5.64. The number of benzene rings is 1. The summed E-state index contributed by atoms with van der Waals surface area (Å²) in [5, 5.41) is 0. The fourth-order valence-corrected chi connectivity index (χ4v) is 2.43. The summed E-state index contributed by atoms with van der Waals surface area (Å²) in [6, 6.07) is 8.67. The van der Waals surface area contributed by atoms with Crippen molar-refractivity contribution < 1.29 is 0 Å². The van der Waals surface area contributed by atoms with Crippen LogP contribution < -0.4 is 5.73 Å². The molecular weight excluding hydrogens is 196 g/mol. The molecule has 0 spiro atoms. The van der Waals surface area contributed by atoms with Gasteiger partial charge in [-0.15, -0.1) is 0 Å². The highest BCUT2D eigenvalue weighted by molar-refractivity contribution is 5.23. The van der Waals surface area contributed by atoms with E-state index >= 15 is 0 Å². The van der Waals surface area contributed by atoms with Crippen LogP contribution in [0.1, 0.15) is 30.4 Å². The van der Waals surface area contributed by atoms with Gasteiger partial charge in [0.15, 0.2) is 0 Å². The Morgan fingerprint density at radius 1 is 1.12 bits per heavy atom. The van der Waals surface area contributed by atoms with Crippen molar-refractivity contribution in [3.05, 3.63) is 35.4 Å². The second-order valence-corrected chi connectivity index (χ2v) is 4.68. The lowest BCUT2D eigenvalue weighted by Crippen LogP contribution is -2.20. The van der Waals surface area contributed by atoms with Crippen molar-refractivity contribution in [2.75, 3.05) is 19.6 Å². The molecule has 1 aromatic carbocycles. The van der Waals surface area contributed by atoms with E-state index in [1.807, 2.05) is 0 Å². The van der Waals surface area contributed by atoms with Crippen LogP contribution in [-0.2, 0) is 13.0 Å². The van der Waals surface area contributed by atoms with Crippen LogP contribution >= 0.6 is 0 Å². The van der Waals surface area contributed by atoms with Gasteiger partial charge in [0.1, 0.15) is 0 Å². The number of rotatable bonds is 5. The Kier molecular flexibility index (Phi) is 4.37. The summed E-state index contributed by atoms with van der Waals surface area (Å²) >= 11 is 0. The quantitative estimate of drug-likeness (QED) is 0.820. The smallest absolute Gasteiger partial charge is 0.0178 e. The van der Waals surface area contributed by atoms with E-state index in [-0.39, 0.29) is 0 Å². The maximum Gasteiger partial charge on any atom is 0.0178 e. The first-order chi connectivity index (χ1) is 7.88. The highest BCUT2D eigenvalue weighted by Crippen LogP contribution is 2.11. The van der Waals surface area contributed by atoms with Crippen LogP contribution in [0.25, 0.3) is 0 Å². The first-order valence-electron chi connectivity index (χ1n) is 6.39. The zero-order valence-electron chi connectivity index (χ0n) is 9.99. The molecule has 2 rings (SSSR count). The molecular formula is C14H22N2. The third kappa shape index (κ3) is 3.32. The Labute approximate surface area is 98.4 Å². The summed E-state index contributed by atoms with van der Waals surface area (Å²) in [4.78, 5) is 2.58. The van der Waals surface area contributed by atoms with Crippen LogP contribution in [0.4, 0.5) is 0 Å². The van der Waals surface area contributed by atoms with Gasteiger partial charge in [0.2, 0.25) is 0 Å². The normalized spacial score (nSPS) is 16.8. The van der Waals surface area contributed by atoms with E-state index in [0.29, 0.717) is 6.54 Å². The lowest BCUT2D eigenvalue weighted by atomic mass is 10.1. The molecule has 16 heavy (non-hydrogen) atoms. The summed E-state index contributed by atoms with van der Waals surface area (Å²) in [5.74, 6) is 0. The van der Waals surface area contributed by atoms with Crippen molar-refractivity contribution in [2.24, 2.45) is 5.73 Å². The van der Waals surface area contributed by atoms with Crippen LogP contribution in [0, 0.1) is 0 Å². The Morgan fingerprint density at radius 2 is 1.88 bits per heavy atom. The van der Waals surface area contributed by atoms with Crippen molar-refractivity contribution in [1.82, 2.24) is 4.90 Å². The van der Waals surface area contributed by atoms with Gasteiger partial charge in [0, 0.05) is 6.54 Å². The van der Waals surface area contributed by atoms with Gasteiger partial charge >= 0.3 is 0 Å². The van der Waals surface area contributed by atoms with Crippen LogP contribution in [0.5, 0.6) is 0 Å². The van der Waals surface area contributed by atoms with E-state index in [0.717, 1.165) is 0 Å². The molecule has 2 heteroatoms. The molecule has 0 amide bonds. The van der Waals surface area contributed by atoms with Crippen molar-refractivity contribution in [2.45, 2.75) is 32.2 Å². The molecule has 1 aliphatic heterocycles. The molecule has 1 heterocycles. The van der Waals surface area contributed by atoms with E-state index in [4.69, 9.17) is 5.73 Å². The predicted molar refractivity (Wildman–Crippen MR) is 68.3 cm³/mol. The highest BCUT2D eigenvalue weighted by atomic mass is 15.1. The number of nitrogens with zero attached hydrogens (tertiary/aromatic N) is 1. The highest BCUT2D eigenvalue weighted by Gasteiger charge is 2.10. The van der Waals surface area contributed by atoms with Gasteiger partial charge in [-0.1, -0.05) is 24.3 Å². The molecule has 0 bridgehead atoms. The number of aryl methyl sites for hydroxylation is 1. The first-order valence-corrected chi connectivity index (χ1v) is 6.39. The van der Waals surface area contributed by atoms with E-state index in [9.17, 15) is 0 Å². The first kappa shape index (κ1) is 11.6. The molecule has 88 valence electrons. The van der Waals surface area contributed by atoms with Crippen LogP contribution in [-0.4, -0.2) is 24.5 Å². The average molecular weight is 218 g/mol. The lowest BCUT2D eigenvalue weighted by molar-refractivity contribution is 0.334. The van der Waals surface area contributed by atoms with E-state index < -0.39 is 0 Å². The minimum Gasteiger partial charge on any atom is -0.326 e. The second kappa shape index (κ2) is 6.02. The molecule has 0 atom stereocenters. The third-order valence-electron chi connectivity index (χ3n) is 3.37. The van der Waals surface area contributed by atoms with Crippen LogP contribution in [0.15, 0.2) is 24.3 Å². The SMILES string of the molecule is NCc1cccc(CCCN2CCCC2)c1. The van der Waals surface area contributed by atoms with E-state index in [2.05, 4.69) is 29.2 Å². The molecule has 0 radical (unpaired) electrons. The molecule has 1 saturated heterocycles. The molecule has 1 aliphatic rings. The standard InChI is InChI=1S/C14H22N2/c15-12-14-6-3-5-13(11-14)7-4-10-16-8-1-2-9-16/h3,5-6,11H,1-2,4,7-10,12,15H2.